The Balaban J connectivity index is 1.69. The van der Waals surface area contributed by atoms with E-state index in [2.05, 4.69) is 10.3 Å². The summed E-state index contributed by atoms with van der Waals surface area (Å²) in [6.07, 6.45) is 4.57. The lowest BCUT2D eigenvalue weighted by Crippen LogP contribution is -2.24. The second-order valence-electron chi connectivity index (χ2n) is 5.19. The van der Waals surface area contributed by atoms with E-state index < -0.39 is 0 Å². The van der Waals surface area contributed by atoms with E-state index in [-0.39, 0.29) is 5.91 Å². The van der Waals surface area contributed by atoms with Gasteiger partial charge in [-0.05, 0) is 45.1 Å². The summed E-state index contributed by atoms with van der Waals surface area (Å²) >= 11 is 1.71. The number of aromatic nitrogens is 1. The minimum Gasteiger partial charge on any atom is -0.444 e. The number of amides is 1. The Bertz CT molecular complexity index is 623. The Hall–Kier alpha value is -1.62. The first kappa shape index (κ1) is 13.4. The molecule has 2 aromatic rings. The second-order valence-corrected chi connectivity index (χ2v) is 6.15. The highest BCUT2D eigenvalue weighted by atomic mass is 32.1. The van der Waals surface area contributed by atoms with Gasteiger partial charge in [-0.3, -0.25) is 4.79 Å². The van der Waals surface area contributed by atoms with Crippen LogP contribution in [0.5, 0.6) is 0 Å². The van der Waals surface area contributed by atoms with Gasteiger partial charge >= 0.3 is 0 Å². The second kappa shape index (κ2) is 5.40. The quantitative estimate of drug-likeness (QED) is 0.944. The number of nitrogens with one attached hydrogen (secondary N) is 1. The van der Waals surface area contributed by atoms with Gasteiger partial charge in [0.25, 0.3) is 5.91 Å². The minimum absolute atomic E-state index is 0.0158. The number of carbonyl (C=O) groups excluding carboxylic acids is 1. The third-order valence-corrected chi connectivity index (χ3v) is 4.87. The number of hydrogen-bond acceptors (Lipinski definition) is 4. The van der Waals surface area contributed by atoms with E-state index in [9.17, 15) is 4.79 Å². The summed E-state index contributed by atoms with van der Waals surface area (Å²) in [7, 11) is 0. The van der Waals surface area contributed by atoms with E-state index in [0.717, 1.165) is 29.9 Å². The van der Waals surface area contributed by atoms with Crippen molar-refractivity contribution < 1.29 is 9.21 Å². The van der Waals surface area contributed by atoms with Gasteiger partial charge in [0.1, 0.15) is 5.76 Å². The van der Waals surface area contributed by atoms with Crippen LogP contribution in [0.3, 0.4) is 0 Å². The lowest BCUT2D eigenvalue weighted by molar-refractivity contribution is 0.0946. The van der Waals surface area contributed by atoms with Crippen LogP contribution in [-0.4, -0.2) is 10.9 Å². The molecule has 2 heterocycles. The Morgan fingerprint density at radius 1 is 1.40 bits per heavy atom. The van der Waals surface area contributed by atoms with E-state index in [4.69, 9.17) is 4.42 Å². The maximum atomic E-state index is 12.3. The van der Waals surface area contributed by atoms with Crippen LogP contribution in [0.15, 0.2) is 9.80 Å². The van der Waals surface area contributed by atoms with Gasteiger partial charge in [0.05, 0.1) is 17.8 Å². The highest BCUT2D eigenvalue weighted by Gasteiger charge is 2.20. The number of nitrogens with zero attached hydrogens (tertiary/aromatic N) is 1. The van der Waals surface area contributed by atoms with Crippen molar-refractivity contribution in [2.24, 2.45) is 0 Å². The molecule has 0 aromatic carbocycles. The van der Waals surface area contributed by atoms with E-state index >= 15 is 0 Å². The normalized spacial score (nSPS) is 14.1. The van der Waals surface area contributed by atoms with Crippen LogP contribution in [0.2, 0.25) is 0 Å². The molecule has 4 nitrogen and oxygen atoms in total. The number of carbonyl (C=O) groups is 1. The third kappa shape index (κ3) is 2.50. The summed E-state index contributed by atoms with van der Waals surface area (Å²) in [5.74, 6) is 1.36. The highest BCUT2D eigenvalue weighted by Crippen LogP contribution is 2.30. The highest BCUT2D eigenvalue weighted by molar-refractivity contribution is 7.10. The molecule has 0 saturated heterocycles. The lowest BCUT2D eigenvalue weighted by atomic mass is 9.96. The molecule has 0 bridgehead atoms. The van der Waals surface area contributed by atoms with Gasteiger partial charge in [-0.2, -0.15) is 0 Å². The van der Waals surface area contributed by atoms with E-state index in [1.54, 1.807) is 11.3 Å². The largest absolute Gasteiger partial charge is 0.444 e. The molecule has 0 spiro atoms. The van der Waals surface area contributed by atoms with Crippen LogP contribution in [-0.2, 0) is 19.4 Å². The number of aryl methyl sites for hydroxylation is 3. The molecule has 0 fully saturated rings. The smallest absolute Gasteiger partial charge is 0.252 e. The summed E-state index contributed by atoms with van der Waals surface area (Å²) in [5, 5.41) is 4.89. The standard InChI is InChI=1S/C15H18N2O2S/c1-9-10(2)19-14(17-9)7-16-15(18)12-8-20-13-6-4-3-5-11(12)13/h8H,3-7H2,1-2H3,(H,16,18). The molecular formula is C15H18N2O2S. The zero-order chi connectivity index (χ0) is 14.1. The summed E-state index contributed by atoms with van der Waals surface area (Å²) < 4.78 is 5.47. The van der Waals surface area contributed by atoms with Crippen LogP contribution >= 0.6 is 11.3 Å². The minimum atomic E-state index is -0.0158. The first-order valence-electron chi connectivity index (χ1n) is 6.95. The van der Waals surface area contributed by atoms with Gasteiger partial charge in [0.2, 0.25) is 5.89 Å². The van der Waals surface area contributed by atoms with Crippen molar-refractivity contribution in [1.82, 2.24) is 10.3 Å². The topological polar surface area (TPSA) is 55.1 Å². The van der Waals surface area contributed by atoms with Crippen molar-refractivity contribution in [3.63, 3.8) is 0 Å². The fourth-order valence-electron chi connectivity index (χ4n) is 2.55. The molecule has 0 atom stereocenters. The number of fused-ring (bicyclic) bond motifs is 1. The molecule has 0 unspecified atom stereocenters. The molecule has 20 heavy (non-hydrogen) atoms. The fraction of sp³-hybridized carbons (Fsp3) is 0.467. The molecule has 1 N–H and O–H groups in total. The zero-order valence-corrected chi connectivity index (χ0v) is 12.6. The predicted molar refractivity (Wildman–Crippen MR) is 78.1 cm³/mol. The Morgan fingerprint density at radius 3 is 2.95 bits per heavy atom. The summed E-state index contributed by atoms with van der Waals surface area (Å²) in [6, 6.07) is 0. The maximum Gasteiger partial charge on any atom is 0.252 e. The molecule has 1 aliphatic carbocycles. The van der Waals surface area contributed by atoms with Crippen molar-refractivity contribution in [2.75, 3.05) is 0 Å². The van der Waals surface area contributed by atoms with Gasteiger partial charge < -0.3 is 9.73 Å². The van der Waals surface area contributed by atoms with Crippen LogP contribution in [0, 0.1) is 13.8 Å². The average Bonchev–Trinajstić information content (AvgIpc) is 3.00. The van der Waals surface area contributed by atoms with Crippen molar-refractivity contribution in [3.8, 4) is 0 Å². The van der Waals surface area contributed by atoms with Crippen LogP contribution in [0.4, 0.5) is 0 Å². The van der Waals surface area contributed by atoms with Crippen LogP contribution < -0.4 is 5.32 Å². The molecule has 1 aliphatic rings. The molecule has 1 amide bonds. The van der Waals surface area contributed by atoms with E-state index in [1.807, 2.05) is 19.2 Å². The van der Waals surface area contributed by atoms with Gasteiger partial charge in [-0.1, -0.05) is 0 Å². The lowest BCUT2D eigenvalue weighted by Gasteiger charge is -2.12. The third-order valence-electron chi connectivity index (χ3n) is 3.78. The molecule has 0 saturated carbocycles. The first-order chi connectivity index (χ1) is 9.65. The van der Waals surface area contributed by atoms with Crippen molar-refractivity contribution in [1.29, 1.82) is 0 Å². The summed E-state index contributed by atoms with van der Waals surface area (Å²) in [6.45, 7) is 4.13. The van der Waals surface area contributed by atoms with Gasteiger partial charge in [-0.15, -0.1) is 11.3 Å². The van der Waals surface area contributed by atoms with Gasteiger partial charge in [0.15, 0.2) is 0 Å². The van der Waals surface area contributed by atoms with Crippen LogP contribution in [0.25, 0.3) is 0 Å². The molecule has 5 heteroatoms. The summed E-state index contributed by atoms with van der Waals surface area (Å²) in [4.78, 5) is 17.9. The van der Waals surface area contributed by atoms with Gasteiger partial charge in [-0.25, -0.2) is 4.98 Å². The number of oxazole rings is 1. The number of rotatable bonds is 3. The van der Waals surface area contributed by atoms with E-state index in [0.29, 0.717) is 12.4 Å². The molecule has 0 radical (unpaired) electrons. The van der Waals surface area contributed by atoms with Crippen molar-refractivity contribution in [3.05, 3.63) is 38.7 Å². The summed E-state index contributed by atoms with van der Waals surface area (Å²) in [5.41, 5.74) is 2.96. The molecular weight excluding hydrogens is 272 g/mol. The van der Waals surface area contributed by atoms with Crippen molar-refractivity contribution in [2.45, 2.75) is 46.1 Å². The maximum absolute atomic E-state index is 12.3. The Labute approximate surface area is 122 Å². The number of thiophene rings is 1. The predicted octanol–water partition coefficient (Wildman–Crippen LogP) is 3.16. The molecule has 106 valence electrons. The zero-order valence-electron chi connectivity index (χ0n) is 11.8. The fourth-order valence-corrected chi connectivity index (χ4v) is 3.68. The monoisotopic (exact) mass is 290 g/mol. The average molecular weight is 290 g/mol. The van der Waals surface area contributed by atoms with Gasteiger partial charge in [0, 0.05) is 10.3 Å². The van der Waals surface area contributed by atoms with E-state index in [1.165, 1.54) is 23.3 Å². The molecule has 0 aliphatic heterocycles. The Kier molecular flexibility index (Phi) is 3.61. The molecule has 2 aromatic heterocycles. The van der Waals surface area contributed by atoms with Crippen molar-refractivity contribution >= 4 is 17.2 Å². The first-order valence-corrected chi connectivity index (χ1v) is 7.83. The Morgan fingerprint density at radius 2 is 2.20 bits per heavy atom. The SMILES string of the molecule is Cc1nc(CNC(=O)c2csc3c2CCCC3)oc1C. The number of hydrogen-bond donors (Lipinski definition) is 1. The van der Waals surface area contributed by atoms with Crippen LogP contribution in [0.1, 0.15) is 51.0 Å². The molecule has 3 rings (SSSR count).